The lowest BCUT2D eigenvalue weighted by atomic mass is 10.0. The molecule has 1 N–H and O–H groups in total. The molecule has 4 nitrogen and oxygen atoms in total. The third-order valence-corrected chi connectivity index (χ3v) is 2.66. The van der Waals surface area contributed by atoms with Crippen molar-refractivity contribution in [3.05, 3.63) is 34.5 Å². The van der Waals surface area contributed by atoms with Crippen LogP contribution in [0.2, 0.25) is 0 Å². The summed E-state index contributed by atoms with van der Waals surface area (Å²) in [7, 11) is 0. The number of rotatable bonds is 0. The minimum absolute atomic E-state index is 0.00431. The molecule has 0 amide bonds. The van der Waals surface area contributed by atoms with E-state index in [1.54, 1.807) is 6.07 Å². The van der Waals surface area contributed by atoms with Crippen LogP contribution in [0, 0.1) is 29.7 Å². The highest BCUT2D eigenvalue weighted by Crippen LogP contribution is 2.56. The molecule has 2 aliphatic rings. The van der Waals surface area contributed by atoms with Gasteiger partial charge < -0.3 is 5.11 Å². The number of carbonyl (C=O) groups is 1. The highest BCUT2D eigenvalue weighted by molar-refractivity contribution is 6.08. The van der Waals surface area contributed by atoms with Gasteiger partial charge in [-0.2, -0.15) is 0 Å². The Labute approximate surface area is 80.6 Å². The highest BCUT2D eigenvalue weighted by Gasteiger charge is 2.55. The van der Waals surface area contributed by atoms with Crippen LogP contribution in [-0.2, 0) is 4.79 Å². The van der Waals surface area contributed by atoms with E-state index in [4.69, 9.17) is 16.9 Å². The Bertz CT molecular complexity index is 443. The zero-order chi connectivity index (χ0) is 10.3. The van der Waals surface area contributed by atoms with Crippen LogP contribution in [0.1, 0.15) is 6.42 Å². The minimum atomic E-state index is -0.135. The largest absolute Gasteiger partial charge is 0.515 e. The summed E-state index contributed by atoms with van der Waals surface area (Å²) in [5.74, 6) is -0.220. The zero-order valence-electron chi connectivity index (χ0n) is 7.19. The molecule has 0 radical (unpaired) electrons. The maximum Gasteiger partial charge on any atom is 0.266 e. The van der Waals surface area contributed by atoms with Crippen LogP contribution in [0.3, 0.4) is 0 Å². The van der Waals surface area contributed by atoms with E-state index in [0.29, 0.717) is 18.3 Å². The van der Waals surface area contributed by atoms with Gasteiger partial charge in [0.05, 0.1) is 18.9 Å². The second-order valence-corrected chi connectivity index (χ2v) is 3.34. The lowest BCUT2D eigenvalue weighted by Gasteiger charge is -2.01. The van der Waals surface area contributed by atoms with Gasteiger partial charge in [0.1, 0.15) is 0 Å². The van der Waals surface area contributed by atoms with Gasteiger partial charge >= 0.3 is 0 Å². The number of nitrogens with zero attached hydrogens (tertiary/aromatic N) is 2. The quantitative estimate of drug-likeness (QED) is 0.269. The van der Waals surface area contributed by atoms with E-state index >= 15 is 0 Å². The summed E-state index contributed by atoms with van der Waals surface area (Å²) in [6, 6.07) is 1.76. The van der Waals surface area contributed by atoms with Gasteiger partial charge in [-0.1, -0.05) is 0 Å². The molecule has 2 fully saturated rings. The minimum Gasteiger partial charge on any atom is -0.515 e. The van der Waals surface area contributed by atoms with E-state index in [0.717, 1.165) is 0 Å². The number of hydrogen-bond donors (Lipinski definition) is 1. The van der Waals surface area contributed by atoms with E-state index in [1.807, 2.05) is 0 Å². The topological polar surface area (TPSA) is 65.4 Å². The number of hydrogen-bond acceptors (Lipinski definition) is 3. The second kappa shape index (κ2) is 2.71. The van der Waals surface area contributed by atoms with Gasteiger partial charge in [-0.05, 0) is 17.9 Å². The van der Waals surface area contributed by atoms with Gasteiger partial charge in [0.15, 0.2) is 5.78 Å². The normalized spacial score (nSPS) is 34.7. The van der Waals surface area contributed by atoms with Crippen molar-refractivity contribution in [1.29, 1.82) is 5.26 Å². The van der Waals surface area contributed by atoms with Crippen molar-refractivity contribution in [3.8, 4) is 6.07 Å². The van der Waals surface area contributed by atoms with Gasteiger partial charge in [-0.25, -0.2) is 10.1 Å². The Morgan fingerprint density at radius 3 is 2.93 bits per heavy atom. The van der Waals surface area contributed by atoms with Gasteiger partial charge in [0, 0.05) is 11.5 Å². The first-order valence-electron chi connectivity index (χ1n) is 4.15. The number of nitriles is 1. The van der Waals surface area contributed by atoms with Crippen molar-refractivity contribution < 1.29 is 9.90 Å². The first-order chi connectivity index (χ1) is 6.74. The van der Waals surface area contributed by atoms with E-state index in [1.165, 1.54) is 0 Å². The first-order valence-corrected chi connectivity index (χ1v) is 4.15. The summed E-state index contributed by atoms with van der Waals surface area (Å²) < 4.78 is 0. The molecule has 0 heterocycles. The Balaban J connectivity index is 2.58. The average Bonchev–Trinajstić information content (AvgIpc) is 2.92. The van der Waals surface area contributed by atoms with Gasteiger partial charge in [0.2, 0.25) is 0 Å². The predicted molar refractivity (Wildman–Crippen MR) is 46.6 cm³/mol. The Morgan fingerprint density at radius 1 is 1.71 bits per heavy atom. The molecule has 0 aromatic carbocycles. The van der Waals surface area contributed by atoms with E-state index in [-0.39, 0.29) is 28.9 Å². The summed E-state index contributed by atoms with van der Waals surface area (Å²) in [5.41, 5.74) is 0.530. The third kappa shape index (κ3) is 0.884. The Kier molecular flexibility index (Phi) is 1.65. The molecule has 4 heteroatoms. The fourth-order valence-electron chi connectivity index (χ4n) is 1.92. The summed E-state index contributed by atoms with van der Waals surface area (Å²) >= 11 is 0. The number of Topliss-reactive ketones (excluding diaryl/α,β-unsaturated/α-hetero) is 1. The van der Waals surface area contributed by atoms with Crippen LogP contribution in [0.15, 0.2) is 23.1 Å². The molecule has 2 saturated carbocycles. The fourth-order valence-corrected chi connectivity index (χ4v) is 1.92. The fraction of sp³-hybridized carbons (Fsp3) is 0.300. The molecule has 0 aromatic heterocycles. The standard InChI is InChI=1S/C10H6N2O2/c1-12-8(3-11)9-5-2-6(5)10(14)7(9)4-13/h4-6,13H,2H2/b7-4?,9-8+. The van der Waals surface area contributed by atoms with Crippen LogP contribution in [0.25, 0.3) is 4.85 Å². The zero-order valence-corrected chi connectivity index (χ0v) is 7.19. The Morgan fingerprint density at radius 2 is 2.43 bits per heavy atom. The smallest absolute Gasteiger partial charge is 0.266 e. The number of ketones is 1. The number of allylic oxidation sites excluding steroid dienone is 3. The molecular weight excluding hydrogens is 180 g/mol. The second-order valence-electron chi connectivity index (χ2n) is 3.34. The maximum absolute atomic E-state index is 11.4. The van der Waals surface area contributed by atoms with Crippen LogP contribution in [0.4, 0.5) is 0 Å². The first kappa shape index (κ1) is 8.52. The number of aliphatic hydroxyl groups excluding tert-OH is 1. The van der Waals surface area contributed by atoms with Crippen molar-refractivity contribution in [2.75, 3.05) is 0 Å². The summed E-state index contributed by atoms with van der Waals surface area (Å²) in [4.78, 5) is 14.5. The van der Waals surface area contributed by atoms with Crippen molar-refractivity contribution in [2.24, 2.45) is 11.8 Å². The van der Waals surface area contributed by atoms with E-state index < -0.39 is 0 Å². The lowest BCUT2D eigenvalue weighted by Crippen LogP contribution is -2.01. The molecule has 0 bridgehead atoms. The van der Waals surface area contributed by atoms with Gasteiger partial charge in [-0.3, -0.25) is 4.79 Å². The number of aliphatic hydroxyl groups is 1. The lowest BCUT2D eigenvalue weighted by molar-refractivity contribution is -0.116. The average molecular weight is 186 g/mol. The van der Waals surface area contributed by atoms with Crippen LogP contribution in [-0.4, -0.2) is 10.9 Å². The molecule has 2 aliphatic carbocycles. The maximum atomic E-state index is 11.4. The van der Waals surface area contributed by atoms with Crippen molar-refractivity contribution in [2.45, 2.75) is 6.42 Å². The monoisotopic (exact) mass is 186 g/mol. The highest BCUT2D eigenvalue weighted by atomic mass is 16.2. The Hall–Kier alpha value is -2.07. The van der Waals surface area contributed by atoms with Crippen LogP contribution in [0.5, 0.6) is 0 Å². The SMILES string of the molecule is [C-]#[N+]/C(C#N)=C1/C(=CO)C(=O)C2CC12. The summed E-state index contributed by atoms with van der Waals surface area (Å²) in [6.07, 6.45) is 1.43. The molecule has 14 heavy (non-hydrogen) atoms. The number of carbonyl (C=O) groups excluding carboxylic acids is 1. The molecule has 2 atom stereocenters. The van der Waals surface area contributed by atoms with Crippen molar-refractivity contribution in [3.63, 3.8) is 0 Å². The summed E-state index contributed by atoms with van der Waals surface area (Å²) in [6.45, 7) is 6.79. The predicted octanol–water partition coefficient (Wildman–Crippen LogP) is 1.34. The molecule has 0 aliphatic heterocycles. The molecule has 0 spiro atoms. The van der Waals surface area contributed by atoms with E-state index in [2.05, 4.69) is 4.85 Å². The van der Waals surface area contributed by atoms with Gasteiger partial charge in [-0.15, -0.1) is 0 Å². The van der Waals surface area contributed by atoms with Crippen LogP contribution < -0.4 is 0 Å². The third-order valence-electron chi connectivity index (χ3n) is 2.66. The molecule has 68 valence electrons. The van der Waals surface area contributed by atoms with Crippen LogP contribution >= 0.6 is 0 Å². The molecule has 0 saturated heterocycles. The molecule has 0 aromatic rings. The van der Waals surface area contributed by atoms with E-state index in [9.17, 15) is 4.79 Å². The molecular formula is C10H6N2O2. The van der Waals surface area contributed by atoms with Crippen molar-refractivity contribution in [1.82, 2.24) is 0 Å². The summed E-state index contributed by atoms with van der Waals surface area (Å²) in [5, 5.41) is 17.5. The number of fused-ring (bicyclic) bond motifs is 1. The molecule has 2 rings (SSSR count). The van der Waals surface area contributed by atoms with Gasteiger partial charge in [0.25, 0.3) is 5.70 Å². The van der Waals surface area contributed by atoms with Crippen molar-refractivity contribution >= 4 is 5.78 Å². The molecule has 2 unspecified atom stereocenters.